The van der Waals surface area contributed by atoms with Crippen LogP contribution < -0.4 is 4.74 Å². The van der Waals surface area contributed by atoms with Crippen LogP contribution in [-0.4, -0.2) is 17.7 Å². The van der Waals surface area contributed by atoms with Gasteiger partial charge in [0.1, 0.15) is 5.75 Å². The van der Waals surface area contributed by atoms with E-state index in [9.17, 15) is 13.6 Å². The Morgan fingerprint density at radius 1 is 1.33 bits per heavy atom. The van der Waals surface area contributed by atoms with Crippen molar-refractivity contribution < 1.29 is 23.4 Å². The molecule has 0 spiro atoms. The number of rotatable bonds is 5. The largest absolute Gasteiger partial charge is 0.493 e. The molecule has 1 N–H and O–H groups in total. The Labute approximate surface area is 85.3 Å². The van der Waals surface area contributed by atoms with Gasteiger partial charge in [-0.15, -0.1) is 0 Å². The second kappa shape index (κ2) is 5.29. The van der Waals surface area contributed by atoms with Gasteiger partial charge >= 0.3 is 5.97 Å². The number of benzene rings is 1. The van der Waals surface area contributed by atoms with E-state index < -0.39 is 12.4 Å². The van der Waals surface area contributed by atoms with Gasteiger partial charge in [0.2, 0.25) is 0 Å². The minimum Gasteiger partial charge on any atom is -0.493 e. The fraction of sp³-hybridized carbons (Fsp3) is 0.300. The summed E-state index contributed by atoms with van der Waals surface area (Å²) in [4.78, 5) is 10.2. The standard InChI is InChI=1S/C10H10F2O3/c11-10(12)7-1-3-8(4-2-7)15-6-5-9(13)14/h1-4,10H,5-6H2,(H,13,14). The molecule has 5 heteroatoms. The lowest BCUT2D eigenvalue weighted by atomic mass is 10.2. The zero-order valence-corrected chi connectivity index (χ0v) is 7.82. The molecule has 15 heavy (non-hydrogen) atoms. The topological polar surface area (TPSA) is 46.5 Å². The highest BCUT2D eigenvalue weighted by molar-refractivity contribution is 5.66. The summed E-state index contributed by atoms with van der Waals surface area (Å²) in [7, 11) is 0. The van der Waals surface area contributed by atoms with E-state index in [1.54, 1.807) is 0 Å². The van der Waals surface area contributed by atoms with Crippen LogP contribution >= 0.6 is 0 Å². The average molecular weight is 216 g/mol. The van der Waals surface area contributed by atoms with Crippen molar-refractivity contribution in [2.24, 2.45) is 0 Å². The van der Waals surface area contributed by atoms with Crippen LogP contribution in [0.3, 0.4) is 0 Å². The average Bonchev–Trinajstić information content (AvgIpc) is 2.18. The monoisotopic (exact) mass is 216 g/mol. The van der Waals surface area contributed by atoms with E-state index in [4.69, 9.17) is 9.84 Å². The molecule has 0 fully saturated rings. The predicted octanol–water partition coefficient (Wildman–Crippen LogP) is 2.48. The summed E-state index contributed by atoms with van der Waals surface area (Å²) in [6, 6.07) is 5.29. The first kappa shape index (κ1) is 11.4. The molecule has 0 radical (unpaired) electrons. The molecule has 0 aliphatic rings. The molecule has 0 aliphatic carbocycles. The highest BCUT2D eigenvalue weighted by atomic mass is 19.3. The smallest absolute Gasteiger partial charge is 0.306 e. The summed E-state index contributed by atoms with van der Waals surface area (Å²) < 4.78 is 29.3. The van der Waals surface area contributed by atoms with Crippen molar-refractivity contribution in [3.05, 3.63) is 29.8 Å². The number of hydrogen-bond acceptors (Lipinski definition) is 2. The third kappa shape index (κ3) is 3.93. The molecule has 0 aromatic heterocycles. The zero-order valence-electron chi connectivity index (χ0n) is 7.82. The van der Waals surface area contributed by atoms with Crippen molar-refractivity contribution in [3.8, 4) is 5.75 Å². The Kier molecular flexibility index (Phi) is 4.03. The molecule has 1 aromatic rings. The summed E-state index contributed by atoms with van der Waals surface area (Å²) in [5.41, 5.74) is -0.0828. The van der Waals surface area contributed by atoms with E-state index in [-0.39, 0.29) is 18.6 Å². The summed E-state index contributed by atoms with van der Waals surface area (Å²) in [5, 5.41) is 8.33. The van der Waals surface area contributed by atoms with Crippen LogP contribution in [0.25, 0.3) is 0 Å². The molecule has 1 rings (SSSR count). The maximum Gasteiger partial charge on any atom is 0.306 e. The van der Waals surface area contributed by atoms with Crippen molar-refractivity contribution in [1.82, 2.24) is 0 Å². The molecule has 0 saturated carbocycles. The predicted molar refractivity (Wildman–Crippen MR) is 49.1 cm³/mol. The Bertz CT molecular complexity index is 322. The molecule has 0 saturated heterocycles. The van der Waals surface area contributed by atoms with Crippen LogP contribution in [0.2, 0.25) is 0 Å². The van der Waals surface area contributed by atoms with E-state index in [1.165, 1.54) is 24.3 Å². The van der Waals surface area contributed by atoms with Gasteiger partial charge in [0.05, 0.1) is 13.0 Å². The first-order chi connectivity index (χ1) is 7.09. The molecule has 82 valence electrons. The lowest BCUT2D eigenvalue weighted by Gasteiger charge is -2.05. The van der Waals surface area contributed by atoms with Gasteiger partial charge in [-0.1, -0.05) is 0 Å². The van der Waals surface area contributed by atoms with Crippen LogP contribution in [0.4, 0.5) is 8.78 Å². The minimum atomic E-state index is -2.50. The van der Waals surface area contributed by atoms with Gasteiger partial charge < -0.3 is 9.84 Å². The van der Waals surface area contributed by atoms with Gasteiger partial charge in [-0.2, -0.15) is 0 Å². The number of alkyl halides is 2. The Morgan fingerprint density at radius 2 is 1.93 bits per heavy atom. The van der Waals surface area contributed by atoms with Crippen molar-refractivity contribution in [2.75, 3.05) is 6.61 Å². The number of hydrogen-bond donors (Lipinski definition) is 1. The van der Waals surface area contributed by atoms with E-state index in [1.807, 2.05) is 0 Å². The fourth-order valence-electron chi connectivity index (χ4n) is 0.966. The zero-order chi connectivity index (χ0) is 11.3. The normalized spacial score (nSPS) is 10.3. The lowest BCUT2D eigenvalue weighted by molar-refractivity contribution is -0.137. The summed E-state index contributed by atoms with van der Waals surface area (Å²) >= 11 is 0. The Hall–Kier alpha value is -1.65. The fourth-order valence-corrected chi connectivity index (χ4v) is 0.966. The first-order valence-corrected chi connectivity index (χ1v) is 4.32. The molecular formula is C10H10F2O3. The van der Waals surface area contributed by atoms with E-state index in [0.717, 1.165) is 0 Å². The number of carboxylic acids is 1. The molecule has 0 amide bonds. The van der Waals surface area contributed by atoms with Gasteiger partial charge in [-0.05, 0) is 24.3 Å². The first-order valence-electron chi connectivity index (χ1n) is 4.32. The molecule has 0 atom stereocenters. The second-order valence-corrected chi connectivity index (χ2v) is 2.86. The van der Waals surface area contributed by atoms with E-state index in [0.29, 0.717) is 5.75 Å². The summed E-state index contributed by atoms with van der Waals surface area (Å²) in [5.74, 6) is -0.570. The molecule has 0 bridgehead atoms. The van der Waals surface area contributed by atoms with Crippen molar-refractivity contribution in [1.29, 1.82) is 0 Å². The molecule has 0 aliphatic heterocycles. The van der Waals surface area contributed by atoms with Gasteiger partial charge in [0.25, 0.3) is 6.43 Å². The number of aliphatic carboxylic acids is 1. The summed E-state index contributed by atoms with van der Waals surface area (Å²) in [6.45, 7) is 0.0311. The minimum absolute atomic E-state index is 0.0311. The van der Waals surface area contributed by atoms with Crippen LogP contribution in [-0.2, 0) is 4.79 Å². The molecule has 3 nitrogen and oxygen atoms in total. The molecule has 1 aromatic carbocycles. The third-order valence-corrected chi connectivity index (χ3v) is 1.72. The number of halogens is 2. The van der Waals surface area contributed by atoms with Gasteiger partial charge in [0.15, 0.2) is 0 Å². The van der Waals surface area contributed by atoms with Gasteiger partial charge in [-0.25, -0.2) is 8.78 Å². The number of ether oxygens (including phenoxy) is 1. The summed E-state index contributed by atoms with van der Waals surface area (Å²) in [6.07, 6.45) is -2.62. The van der Waals surface area contributed by atoms with Crippen molar-refractivity contribution in [3.63, 3.8) is 0 Å². The quantitative estimate of drug-likeness (QED) is 0.822. The highest BCUT2D eigenvalue weighted by Crippen LogP contribution is 2.21. The lowest BCUT2D eigenvalue weighted by Crippen LogP contribution is -2.04. The van der Waals surface area contributed by atoms with Gasteiger partial charge in [0, 0.05) is 5.56 Å². The van der Waals surface area contributed by atoms with Crippen LogP contribution in [0, 0.1) is 0 Å². The van der Waals surface area contributed by atoms with E-state index >= 15 is 0 Å². The van der Waals surface area contributed by atoms with Crippen molar-refractivity contribution in [2.45, 2.75) is 12.8 Å². The SMILES string of the molecule is O=C(O)CCOc1ccc(C(F)F)cc1. The van der Waals surface area contributed by atoms with Crippen molar-refractivity contribution >= 4 is 5.97 Å². The van der Waals surface area contributed by atoms with Crippen LogP contribution in [0.15, 0.2) is 24.3 Å². The second-order valence-electron chi connectivity index (χ2n) is 2.86. The molecule has 0 heterocycles. The maximum atomic E-state index is 12.1. The maximum absolute atomic E-state index is 12.1. The highest BCUT2D eigenvalue weighted by Gasteiger charge is 2.06. The number of carboxylic acid groups (broad SMARTS) is 1. The molecular weight excluding hydrogens is 206 g/mol. The van der Waals surface area contributed by atoms with Gasteiger partial charge in [-0.3, -0.25) is 4.79 Å². The van der Waals surface area contributed by atoms with Crippen LogP contribution in [0.5, 0.6) is 5.75 Å². The Balaban J connectivity index is 2.46. The van der Waals surface area contributed by atoms with Crippen LogP contribution in [0.1, 0.15) is 18.4 Å². The van der Waals surface area contributed by atoms with E-state index in [2.05, 4.69) is 0 Å². The number of carbonyl (C=O) groups is 1. The molecule has 0 unspecified atom stereocenters. The Morgan fingerprint density at radius 3 is 2.40 bits per heavy atom. The third-order valence-electron chi connectivity index (χ3n) is 1.72.